The highest BCUT2D eigenvalue weighted by Crippen LogP contribution is 2.17. The summed E-state index contributed by atoms with van der Waals surface area (Å²) in [6.45, 7) is 0.190. The molecule has 0 fully saturated rings. The van der Waals surface area contributed by atoms with Crippen molar-refractivity contribution >= 4 is 6.29 Å². The SMILES string of the molecule is COc1ccc(OC[C@@H](O)C/C=C/C=O)cc1. The maximum absolute atomic E-state index is 10.0. The Kier molecular flexibility index (Phi) is 5.82. The summed E-state index contributed by atoms with van der Waals surface area (Å²) in [4.78, 5) is 10.0. The van der Waals surface area contributed by atoms with E-state index in [9.17, 15) is 9.90 Å². The lowest BCUT2D eigenvalue weighted by Gasteiger charge is -2.10. The molecule has 17 heavy (non-hydrogen) atoms. The van der Waals surface area contributed by atoms with Gasteiger partial charge in [0.2, 0.25) is 0 Å². The van der Waals surface area contributed by atoms with Crippen molar-refractivity contribution in [1.29, 1.82) is 0 Å². The summed E-state index contributed by atoms with van der Waals surface area (Å²) in [5.74, 6) is 1.43. The van der Waals surface area contributed by atoms with Crippen LogP contribution in [0.3, 0.4) is 0 Å². The van der Waals surface area contributed by atoms with Crippen molar-refractivity contribution in [2.45, 2.75) is 12.5 Å². The molecule has 0 unspecified atom stereocenters. The lowest BCUT2D eigenvalue weighted by atomic mass is 10.2. The zero-order valence-electron chi connectivity index (χ0n) is 9.70. The summed E-state index contributed by atoms with van der Waals surface area (Å²) in [6, 6.07) is 7.11. The smallest absolute Gasteiger partial charge is 0.142 e. The Balaban J connectivity index is 2.33. The summed E-state index contributed by atoms with van der Waals surface area (Å²) in [5.41, 5.74) is 0. The zero-order valence-corrected chi connectivity index (χ0v) is 9.70. The molecular weight excluding hydrogens is 220 g/mol. The van der Waals surface area contributed by atoms with Gasteiger partial charge in [-0.2, -0.15) is 0 Å². The van der Waals surface area contributed by atoms with Gasteiger partial charge in [0.05, 0.1) is 13.2 Å². The molecule has 1 aromatic rings. The third kappa shape index (κ3) is 5.17. The number of hydrogen-bond donors (Lipinski definition) is 1. The summed E-state index contributed by atoms with van der Waals surface area (Å²) >= 11 is 0. The molecular formula is C13H16O4. The van der Waals surface area contributed by atoms with Crippen molar-refractivity contribution in [3.8, 4) is 11.5 Å². The molecule has 0 aliphatic carbocycles. The largest absolute Gasteiger partial charge is 0.497 e. The molecule has 4 heteroatoms. The van der Waals surface area contributed by atoms with E-state index >= 15 is 0 Å². The third-order valence-corrected chi connectivity index (χ3v) is 2.12. The average Bonchev–Trinajstić information content (AvgIpc) is 2.37. The van der Waals surface area contributed by atoms with E-state index in [0.29, 0.717) is 18.5 Å². The second-order valence-corrected chi connectivity index (χ2v) is 3.44. The van der Waals surface area contributed by atoms with Crippen molar-refractivity contribution in [2.75, 3.05) is 13.7 Å². The van der Waals surface area contributed by atoms with Crippen molar-refractivity contribution < 1.29 is 19.4 Å². The Labute approximate surface area is 100 Å². The first kappa shape index (κ1) is 13.3. The second kappa shape index (κ2) is 7.46. The number of rotatable bonds is 7. The molecule has 92 valence electrons. The number of methoxy groups -OCH3 is 1. The van der Waals surface area contributed by atoms with Gasteiger partial charge in [-0.1, -0.05) is 6.08 Å². The summed E-state index contributed by atoms with van der Waals surface area (Å²) in [6.07, 6.45) is 3.42. The fourth-order valence-corrected chi connectivity index (χ4v) is 1.22. The Morgan fingerprint density at radius 1 is 1.29 bits per heavy atom. The molecule has 0 heterocycles. The van der Waals surface area contributed by atoms with Crippen LogP contribution < -0.4 is 9.47 Å². The van der Waals surface area contributed by atoms with E-state index in [0.717, 1.165) is 5.75 Å². The van der Waals surface area contributed by atoms with Gasteiger partial charge >= 0.3 is 0 Å². The highest BCUT2D eigenvalue weighted by Gasteiger charge is 2.03. The van der Waals surface area contributed by atoms with Crippen LogP contribution in [-0.4, -0.2) is 31.2 Å². The molecule has 0 aromatic heterocycles. The van der Waals surface area contributed by atoms with Crippen molar-refractivity contribution in [3.63, 3.8) is 0 Å². The molecule has 1 atom stereocenters. The molecule has 0 radical (unpaired) electrons. The molecule has 1 N–H and O–H groups in total. The highest BCUT2D eigenvalue weighted by atomic mass is 16.5. The molecule has 4 nitrogen and oxygen atoms in total. The lowest BCUT2D eigenvalue weighted by molar-refractivity contribution is -0.104. The Hall–Kier alpha value is -1.81. The van der Waals surface area contributed by atoms with E-state index in [1.54, 1.807) is 37.5 Å². The van der Waals surface area contributed by atoms with E-state index in [4.69, 9.17) is 9.47 Å². The second-order valence-electron chi connectivity index (χ2n) is 3.44. The number of aliphatic hydroxyl groups is 1. The summed E-state index contributed by atoms with van der Waals surface area (Å²) in [7, 11) is 1.60. The summed E-state index contributed by atoms with van der Waals surface area (Å²) < 4.78 is 10.4. The van der Waals surface area contributed by atoms with Gasteiger partial charge in [0, 0.05) is 0 Å². The van der Waals surface area contributed by atoms with E-state index in [-0.39, 0.29) is 6.61 Å². The number of allylic oxidation sites excluding steroid dienone is 1. The molecule has 0 saturated heterocycles. The van der Waals surface area contributed by atoms with E-state index in [1.807, 2.05) is 0 Å². The van der Waals surface area contributed by atoms with E-state index < -0.39 is 6.10 Å². The fourth-order valence-electron chi connectivity index (χ4n) is 1.22. The minimum Gasteiger partial charge on any atom is -0.497 e. The van der Waals surface area contributed by atoms with Gasteiger partial charge in [-0.05, 0) is 36.8 Å². The van der Waals surface area contributed by atoms with Crippen LogP contribution in [0.2, 0.25) is 0 Å². The van der Waals surface area contributed by atoms with Gasteiger partial charge in [0.1, 0.15) is 24.4 Å². The highest BCUT2D eigenvalue weighted by molar-refractivity contribution is 5.64. The Bertz CT molecular complexity index is 356. The first-order valence-electron chi connectivity index (χ1n) is 5.31. The number of carbonyl (C=O) groups excluding carboxylic acids is 1. The molecule has 0 bridgehead atoms. The van der Waals surface area contributed by atoms with Crippen LogP contribution in [0.4, 0.5) is 0 Å². The maximum Gasteiger partial charge on any atom is 0.142 e. The average molecular weight is 236 g/mol. The van der Waals surface area contributed by atoms with Gasteiger partial charge in [0.25, 0.3) is 0 Å². The van der Waals surface area contributed by atoms with Gasteiger partial charge in [-0.25, -0.2) is 0 Å². The van der Waals surface area contributed by atoms with Crippen molar-refractivity contribution in [3.05, 3.63) is 36.4 Å². The van der Waals surface area contributed by atoms with Crippen LogP contribution in [0.15, 0.2) is 36.4 Å². The minimum absolute atomic E-state index is 0.190. The normalized spacial score (nSPS) is 12.4. The van der Waals surface area contributed by atoms with E-state index in [2.05, 4.69) is 0 Å². The first-order valence-corrected chi connectivity index (χ1v) is 5.31. The summed E-state index contributed by atoms with van der Waals surface area (Å²) in [5, 5.41) is 9.52. The van der Waals surface area contributed by atoms with Gasteiger partial charge < -0.3 is 14.6 Å². The van der Waals surface area contributed by atoms with Gasteiger partial charge in [-0.15, -0.1) is 0 Å². The van der Waals surface area contributed by atoms with Crippen LogP contribution in [0.5, 0.6) is 11.5 Å². The zero-order chi connectivity index (χ0) is 12.5. The van der Waals surface area contributed by atoms with Gasteiger partial charge in [0.15, 0.2) is 0 Å². The number of benzene rings is 1. The number of hydrogen-bond acceptors (Lipinski definition) is 4. The molecule has 0 aliphatic rings. The van der Waals surface area contributed by atoms with Crippen molar-refractivity contribution in [1.82, 2.24) is 0 Å². The number of aldehydes is 1. The Morgan fingerprint density at radius 2 is 1.94 bits per heavy atom. The van der Waals surface area contributed by atoms with Gasteiger partial charge in [-0.3, -0.25) is 4.79 Å². The number of ether oxygens (including phenoxy) is 2. The Morgan fingerprint density at radius 3 is 2.53 bits per heavy atom. The van der Waals surface area contributed by atoms with Crippen molar-refractivity contribution in [2.24, 2.45) is 0 Å². The monoisotopic (exact) mass is 236 g/mol. The predicted octanol–water partition coefficient (Wildman–Crippen LogP) is 1.58. The quantitative estimate of drug-likeness (QED) is 0.577. The van der Waals surface area contributed by atoms with Crippen LogP contribution in [0.1, 0.15) is 6.42 Å². The standard InChI is InChI=1S/C13H16O4/c1-16-12-5-7-13(8-6-12)17-10-11(15)4-2-3-9-14/h2-3,5-9,11,15H,4,10H2,1H3/b3-2+/t11-/m0/s1. The van der Waals surface area contributed by atoms with Crippen LogP contribution in [0.25, 0.3) is 0 Å². The molecule has 1 rings (SSSR count). The molecule has 0 amide bonds. The minimum atomic E-state index is -0.617. The van der Waals surface area contributed by atoms with Crippen LogP contribution in [-0.2, 0) is 4.79 Å². The number of carbonyl (C=O) groups is 1. The molecule has 1 aromatic carbocycles. The van der Waals surface area contributed by atoms with Crippen LogP contribution >= 0.6 is 0 Å². The molecule has 0 spiro atoms. The third-order valence-electron chi connectivity index (χ3n) is 2.12. The van der Waals surface area contributed by atoms with Crippen LogP contribution in [0, 0.1) is 0 Å². The first-order chi connectivity index (χ1) is 8.26. The topological polar surface area (TPSA) is 55.8 Å². The lowest BCUT2D eigenvalue weighted by Crippen LogP contribution is -2.16. The molecule has 0 aliphatic heterocycles. The number of aliphatic hydroxyl groups excluding tert-OH is 1. The molecule has 0 saturated carbocycles. The fraction of sp³-hybridized carbons (Fsp3) is 0.308. The van der Waals surface area contributed by atoms with E-state index in [1.165, 1.54) is 6.08 Å². The predicted molar refractivity (Wildman–Crippen MR) is 64.3 cm³/mol. The maximum atomic E-state index is 10.0.